The van der Waals surface area contributed by atoms with Gasteiger partial charge in [0.1, 0.15) is 0 Å². The first-order valence-electron chi connectivity index (χ1n) is 2.05. The second-order valence-corrected chi connectivity index (χ2v) is 2.28. The van der Waals surface area contributed by atoms with Crippen molar-refractivity contribution in [3.63, 3.8) is 0 Å². The molecule has 0 rings (SSSR count). The van der Waals surface area contributed by atoms with Gasteiger partial charge in [-0.25, -0.2) is 0 Å². The van der Waals surface area contributed by atoms with E-state index in [4.69, 9.17) is 0 Å². The summed E-state index contributed by atoms with van der Waals surface area (Å²) in [6.07, 6.45) is 0. The largest absolute Gasteiger partial charge is 1.00 e. The summed E-state index contributed by atoms with van der Waals surface area (Å²) < 4.78 is 0. The molecule has 0 spiro atoms. The van der Waals surface area contributed by atoms with Crippen molar-refractivity contribution >= 4 is 17.7 Å². The van der Waals surface area contributed by atoms with E-state index in [9.17, 15) is 9.90 Å². The molecular formula is C4H7KO2S. The van der Waals surface area contributed by atoms with Gasteiger partial charge in [-0.3, -0.25) is 0 Å². The molecule has 0 amide bonds. The van der Waals surface area contributed by atoms with E-state index in [0.717, 1.165) is 5.75 Å². The predicted octanol–water partition coefficient (Wildman–Crippen LogP) is -3.51. The Bertz CT molecular complexity index is 67.1. The number of aliphatic carboxylic acids is 1. The van der Waals surface area contributed by atoms with Crippen molar-refractivity contribution in [3.05, 3.63) is 0 Å². The van der Waals surface area contributed by atoms with Crippen LogP contribution in [0.15, 0.2) is 0 Å². The summed E-state index contributed by atoms with van der Waals surface area (Å²) in [6, 6.07) is 0. The van der Waals surface area contributed by atoms with Crippen LogP contribution in [0.3, 0.4) is 0 Å². The van der Waals surface area contributed by atoms with Gasteiger partial charge in [0, 0.05) is 5.75 Å². The number of carbonyl (C=O) groups excluding carboxylic acids is 1. The molecule has 0 atom stereocenters. The molecule has 42 valence electrons. The molecule has 4 heteroatoms. The molecule has 2 nitrogen and oxygen atoms in total. The van der Waals surface area contributed by atoms with Gasteiger partial charge in [0.05, 0.1) is 5.97 Å². The fourth-order valence-corrected chi connectivity index (χ4v) is 0.556. The van der Waals surface area contributed by atoms with E-state index in [0.29, 0.717) is 0 Å². The van der Waals surface area contributed by atoms with Crippen LogP contribution in [0.25, 0.3) is 0 Å². The SMILES string of the molecule is CCSCC(=O)[O-].[K+]. The Kier molecular flexibility index (Phi) is 12.9. The van der Waals surface area contributed by atoms with Crippen LogP contribution < -0.4 is 56.5 Å². The smallest absolute Gasteiger partial charge is 0.549 e. The van der Waals surface area contributed by atoms with Crippen molar-refractivity contribution in [2.75, 3.05) is 11.5 Å². The maximum atomic E-state index is 9.63. The van der Waals surface area contributed by atoms with E-state index < -0.39 is 5.97 Å². The summed E-state index contributed by atoms with van der Waals surface area (Å²) in [5.74, 6) is -0.0170. The monoisotopic (exact) mass is 158 g/mol. The minimum Gasteiger partial charge on any atom is -0.549 e. The number of rotatable bonds is 3. The van der Waals surface area contributed by atoms with Crippen LogP contribution in [0.1, 0.15) is 6.92 Å². The zero-order valence-electron chi connectivity index (χ0n) is 5.14. The molecule has 0 saturated carbocycles. The van der Waals surface area contributed by atoms with Gasteiger partial charge in [-0.15, -0.1) is 0 Å². The molecule has 0 radical (unpaired) electrons. The summed E-state index contributed by atoms with van der Waals surface area (Å²) >= 11 is 1.35. The second-order valence-electron chi connectivity index (χ2n) is 1.01. The van der Waals surface area contributed by atoms with E-state index in [1.165, 1.54) is 11.8 Å². The molecule has 0 aromatic carbocycles. The van der Waals surface area contributed by atoms with Gasteiger partial charge in [-0.2, -0.15) is 11.8 Å². The average molecular weight is 158 g/mol. The van der Waals surface area contributed by atoms with Crippen LogP contribution in [0, 0.1) is 0 Å². The van der Waals surface area contributed by atoms with Crippen LogP contribution in [0.5, 0.6) is 0 Å². The van der Waals surface area contributed by atoms with Gasteiger partial charge >= 0.3 is 51.4 Å². The Morgan fingerprint density at radius 2 is 2.25 bits per heavy atom. The number of carboxylic acid groups (broad SMARTS) is 1. The summed E-state index contributed by atoms with van der Waals surface area (Å²) in [5.41, 5.74) is 0. The summed E-state index contributed by atoms with van der Waals surface area (Å²) in [6.45, 7) is 1.91. The number of hydrogen-bond donors (Lipinski definition) is 0. The molecule has 0 aliphatic heterocycles. The van der Waals surface area contributed by atoms with Crippen molar-refractivity contribution in [1.82, 2.24) is 0 Å². The Balaban J connectivity index is 0. The molecule has 0 N–H and O–H groups in total. The van der Waals surface area contributed by atoms with Crippen LogP contribution in [0.4, 0.5) is 0 Å². The summed E-state index contributed by atoms with van der Waals surface area (Å²) in [7, 11) is 0. The number of hydrogen-bond acceptors (Lipinski definition) is 3. The zero-order chi connectivity index (χ0) is 5.70. The molecular weight excluding hydrogens is 151 g/mol. The fourth-order valence-electron chi connectivity index (χ4n) is 0.185. The summed E-state index contributed by atoms with van der Waals surface area (Å²) in [4.78, 5) is 9.63. The normalized spacial score (nSPS) is 7.62. The Morgan fingerprint density at radius 1 is 1.75 bits per heavy atom. The molecule has 0 saturated heterocycles. The quantitative estimate of drug-likeness (QED) is 0.400. The van der Waals surface area contributed by atoms with Crippen molar-refractivity contribution in [1.29, 1.82) is 0 Å². The Morgan fingerprint density at radius 3 is 2.38 bits per heavy atom. The van der Waals surface area contributed by atoms with Crippen molar-refractivity contribution in [2.45, 2.75) is 6.92 Å². The third kappa shape index (κ3) is 10.4. The topological polar surface area (TPSA) is 40.1 Å². The van der Waals surface area contributed by atoms with Crippen molar-refractivity contribution in [3.8, 4) is 0 Å². The first kappa shape index (κ1) is 12.2. The minimum atomic E-state index is -0.980. The van der Waals surface area contributed by atoms with E-state index >= 15 is 0 Å². The predicted molar refractivity (Wildman–Crippen MR) is 28.0 cm³/mol. The van der Waals surface area contributed by atoms with Gasteiger partial charge in [0.25, 0.3) is 0 Å². The van der Waals surface area contributed by atoms with Crippen LogP contribution in [-0.4, -0.2) is 17.5 Å². The summed E-state index contributed by atoms with van der Waals surface area (Å²) in [5, 5.41) is 9.63. The van der Waals surface area contributed by atoms with E-state index in [2.05, 4.69) is 0 Å². The number of thioether (sulfide) groups is 1. The van der Waals surface area contributed by atoms with Crippen LogP contribution in [0.2, 0.25) is 0 Å². The Hall–Kier alpha value is 1.46. The zero-order valence-corrected chi connectivity index (χ0v) is 9.08. The fraction of sp³-hybridized carbons (Fsp3) is 0.750. The number of carboxylic acids is 1. The maximum Gasteiger partial charge on any atom is 1.00 e. The van der Waals surface area contributed by atoms with Gasteiger partial charge in [-0.1, -0.05) is 6.92 Å². The maximum absolute atomic E-state index is 9.63. The molecule has 8 heavy (non-hydrogen) atoms. The molecule has 0 unspecified atom stereocenters. The standard InChI is InChI=1S/C4H8O2S.K/c1-2-7-3-4(5)6;/h2-3H2,1H3,(H,5,6);/q;+1/p-1. The molecule has 0 aliphatic carbocycles. The number of carbonyl (C=O) groups is 1. The first-order valence-corrected chi connectivity index (χ1v) is 3.20. The van der Waals surface area contributed by atoms with Gasteiger partial charge in [-0.05, 0) is 5.75 Å². The van der Waals surface area contributed by atoms with Gasteiger partial charge in [0.15, 0.2) is 0 Å². The van der Waals surface area contributed by atoms with E-state index in [1.807, 2.05) is 6.92 Å². The van der Waals surface area contributed by atoms with Gasteiger partial charge in [0.2, 0.25) is 0 Å². The van der Waals surface area contributed by atoms with E-state index in [-0.39, 0.29) is 57.1 Å². The van der Waals surface area contributed by atoms with E-state index in [1.54, 1.807) is 0 Å². The molecule has 0 aromatic heterocycles. The molecule has 0 bridgehead atoms. The third-order valence-electron chi connectivity index (χ3n) is 0.424. The van der Waals surface area contributed by atoms with Crippen molar-refractivity contribution in [2.24, 2.45) is 0 Å². The molecule has 0 fully saturated rings. The average Bonchev–Trinajstić information content (AvgIpc) is 1.61. The molecule has 0 aliphatic rings. The Labute approximate surface area is 95.8 Å². The van der Waals surface area contributed by atoms with Crippen molar-refractivity contribution < 1.29 is 61.3 Å². The first-order chi connectivity index (χ1) is 3.27. The second kappa shape index (κ2) is 8.46. The minimum absolute atomic E-state index is 0. The molecule has 0 aromatic rings. The molecule has 0 heterocycles. The van der Waals surface area contributed by atoms with Crippen LogP contribution >= 0.6 is 11.8 Å². The van der Waals surface area contributed by atoms with Gasteiger partial charge < -0.3 is 9.90 Å². The third-order valence-corrected chi connectivity index (χ3v) is 1.27. The van der Waals surface area contributed by atoms with Crippen LogP contribution in [-0.2, 0) is 4.79 Å².